The van der Waals surface area contributed by atoms with E-state index in [9.17, 15) is 0 Å². The van der Waals surface area contributed by atoms with E-state index in [2.05, 4.69) is 11.1 Å². The Morgan fingerprint density at radius 1 is 1.67 bits per heavy atom. The molecule has 1 saturated carbocycles. The van der Waals surface area contributed by atoms with Gasteiger partial charge in [-0.15, -0.1) is 11.3 Å². The first-order chi connectivity index (χ1) is 5.84. The van der Waals surface area contributed by atoms with Crippen molar-refractivity contribution >= 4 is 17.4 Å². The predicted octanol–water partition coefficient (Wildman–Crippen LogP) is 2.04. The fraction of sp³-hybridized carbons (Fsp3) is 0.444. The van der Waals surface area contributed by atoms with Crippen LogP contribution >= 0.6 is 11.3 Å². The van der Waals surface area contributed by atoms with Gasteiger partial charge in [0.05, 0.1) is 0 Å². The van der Waals surface area contributed by atoms with Gasteiger partial charge in [-0.1, -0.05) is 5.57 Å². The molecule has 1 unspecified atom stereocenters. The fourth-order valence-electron chi connectivity index (χ4n) is 1.52. The van der Waals surface area contributed by atoms with Crippen LogP contribution in [0.25, 0.3) is 6.08 Å². The second kappa shape index (κ2) is 3.37. The summed E-state index contributed by atoms with van der Waals surface area (Å²) in [7, 11) is 0. The van der Waals surface area contributed by atoms with Crippen molar-refractivity contribution < 1.29 is 0 Å². The van der Waals surface area contributed by atoms with Gasteiger partial charge in [0.25, 0.3) is 0 Å². The van der Waals surface area contributed by atoms with Crippen LogP contribution in [-0.4, -0.2) is 11.0 Å². The van der Waals surface area contributed by atoms with Crippen LogP contribution in [0.4, 0.5) is 0 Å². The number of aromatic nitrogens is 1. The average Bonchev–Trinajstić information content (AvgIpc) is 2.63. The Hall–Kier alpha value is -0.670. The summed E-state index contributed by atoms with van der Waals surface area (Å²) in [5.41, 5.74) is 7.25. The van der Waals surface area contributed by atoms with E-state index in [1.165, 1.54) is 5.57 Å². The van der Waals surface area contributed by atoms with Crippen molar-refractivity contribution in [3.63, 3.8) is 0 Å². The first kappa shape index (κ1) is 7.95. The molecule has 0 saturated heterocycles. The molecule has 3 heteroatoms. The van der Waals surface area contributed by atoms with Gasteiger partial charge in [0, 0.05) is 17.6 Å². The van der Waals surface area contributed by atoms with Crippen molar-refractivity contribution in [2.45, 2.75) is 25.3 Å². The van der Waals surface area contributed by atoms with Crippen LogP contribution in [0.1, 0.15) is 24.3 Å². The lowest BCUT2D eigenvalue weighted by molar-refractivity contribution is 0.711. The van der Waals surface area contributed by atoms with E-state index >= 15 is 0 Å². The molecule has 2 nitrogen and oxygen atoms in total. The van der Waals surface area contributed by atoms with Gasteiger partial charge in [-0.25, -0.2) is 4.98 Å². The van der Waals surface area contributed by atoms with Crippen LogP contribution in [0.3, 0.4) is 0 Å². The minimum Gasteiger partial charge on any atom is -0.327 e. The maximum atomic E-state index is 5.80. The van der Waals surface area contributed by atoms with E-state index in [1.54, 1.807) is 11.3 Å². The predicted molar refractivity (Wildman–Crippen MR) is 51.9 cm³/mol. The lowest BCUT2D eigenvalue weighted by atomic mass is 10.2. The topological polar surface area (TPSA) is 38.9 Å². The molecule has 1 aromatic heterocycles. The normalized spacial score (nSPS) is 26.8. The van der Waals surface area contributed by atoms with E-state index < -0.39 is 0 Å². The molecule has 2 rings (SSSR count). The van der Waals surface area contributed by atoms with E-state index in [1.807, 2.05) is 11.6 Å². The van der Waals surface area contributed by atoms with Crippen molar-refractivity contribution in [3.05, 3.63) is 22.2 Å². The van der Waals surface area contributed by atoms with E-state index in [0.29, 0.717) is 6.04 Å². The van der Waals surface area contributed by atoms with Crippen LogP contribution in [0.2, 0.25) is 0 Å². The highest BCUT2D eigenvalue weighted by molar-refractivity contribution is 7.10. The van der Waals surface area contributed by atoms with Gasteiger partial charge in [0.2, 0.25) is 0 Å². The third-order valence-corrected chi connectivity index (χ3v) is 2.86. The molecule has 0 aromatic carbocycles. The Kier molecular flexibility index (Phi) is 2.23. The van der Waals surface area contributed by atoms with Crippen molar-refractivity contribution in [1.82, 2.24) is 4.98 Å². The number of nitrogens with zero attached hydrogens (tertiary/aromatic N) is 1. The van der Waals surface area contributed by atoms with Crippen LogP contribution in [0, 0.1) is 0 Å². The molecule has 1 aromatic rings. The molecule has 0 aliphatic heterocycles. The minimum absolute atomic E-state index is 0.385. The summed E-state index contributed by atoms with van der Waals surface area (Å²) < 4.78 is 0. The molecule has 2 N–H and O–H groups in total. The highest BCUT2D eigenvalue weighted by Gasteiger charge is 2.14. The fourth-order valence-corrected chi connectivity index (χ4v) is 2.14. The average molecular weight is 180 g/mol. The second-order valence-electron chi connectivity index (χ2n) is 3.18. The van der Waals surface area contributed by atoms with Crippen LogP contribution in [0.5, 0.6) is 0 Å². The van der Waals surface area contributed by atoms with Gasteiger partial charge in [-0.3, -0.25) is 0 Å². The lowest BCUT2D eigenvalue weighted by Gasteiger charge is -1.95. The zero-order valence-electron chi connectivity index (χ0n) is 6.86. The van der Waals surface area contributed by atoms with Crippen LogP contribution in [-0.2, 0) is 0 Å². The molecule has 0 bridgehead atoms. The molecule has 1 aliphatic rings. The number of hydrogen-bond acceptors (Lipinski definition) is 3. The van der Waals surface area contributed by atoms with E-state index in [0.717, 1.165) is 24.3 Å². The maximum Gasteiger partial charge on any atom is 0.115 e. The summed E-state index contributed by atoms with van der Waals surface area (Å²) in [4.78, 5) is 4.21. The quantitative estimate of drug-likeness (QED) is 0.718. The SMILES string of the molecule is NC1CCC(=Cc2nccs2)C1. The van der Waals surface area contributed by atoms with Gasteiger partial charge < -0.3 is 5.73 Å². The molecule has 1 heterocycles. The van der Waals surface area contributed by atoms with Gasteiger partial charge >= 0.3 is 0 Å². The molecular weight excluding hydrogens is 168 g/mol. The first-order valence-corrected chi connectivity index (χ1v) is 5.07. The highest BCUT2D eigenvalue weighted by Crippen LogP contribution is 2.25. The van der Waals surface area contributed by atoms with Gasteiger partial charge in [-0.2, -0.15) is 0 Å². The Bertz CT molecular complexity index is 277. The molecule has 1 fully saturated rings. The van der Waals surface area contributed by atoms with Crippen molar-refractivity contribution in [1.29, 1.82) is 0 Å². The zero-order chi connectivity index (χ0) is 8.39. The van der Waals surface area contributed by atoms with E-state index in [4.69, 9.17) is 5.73 Å². The lowest BCUT2D eigenvalue weighted by Crippen LogP contribution is -2.13. The summed E-state index contributed by atoms with van der Waals surface area (Å²) in [6.07, 6.45) is 7.36. The summed E-state index contributed by atoms with van der Waals surface area (Å²) in [6.45, 7) is 0. The van der Waals surface area contributed by atoms with Crippen molar-refractivity contribution in [3.8, 4) is 0 Å². The Morgan fingerprint density at radius 2 is 2.58 bits per heavy atom. The number of nitrogens with two attached hydrogens (primary N) is 1. The zero-order valence-corrected chi connectivity index (χ0v) is 7.68. The number of hydrogen-bond donors (Lipinski definition) is 1. The highest BCUT2D eigenvalue weighted by atomic mass is 32.1. The molecule has 12 heavy (non-hydrogen) atoms. The second-order valence-corrected chi connectivity index (χ2v) is 4.10. The number of rotatable bonds is 1. The number of thiazole rings is 1. The summed E-state index contributed by atoms with van der Waals surface area (Å²) >= 11 is 1.68. The standard InChI is InChI=1S/C9H12N2S/c10-8-2-1-7(5-8)6-9-11-3-4-12-9/h3-4,6,8H,1-2,5,10H2. The third-order valence-electron chi connectivity index (χ3n) is 2.14. The Morgan fingerprint density at radius 3 is 3.17 bits per heavy atom. The maximum absolute atomic E-state index is 5.80. The van der Waals surface area contributed by atoms with Crippen molar-refractivity contribution in [2.75, 3.05) is 0 Å². The van der Waals surface area contributed by atoms with Crippen LogP contribution < -0.4 is 5.73 Å². The molecule has 1 aliphatic carbocycles. The van der Waals surface area contributed by atoms with Crippen LogP contribution in [0.15, 0.2) is 17.2 Å². The van der Waals surface area contributed by atoms with E-state index in [-0.39, 0.29) is 0 Å². The molecule has 1 atom stereocenters. The minimum atomic E-state index is 0.385. The molecule has 0 radical (unpaired) electrons. The Labute approximate surface area is 76.1 Å². The van der Waals surface area contributed by atoms with Gasteiger partial charge in [0.15, 0.2) is 0 Å². The Balaban J connectivity index is 2.10. The monoisotopic (exact) mass is 180 g/mol. The summed E-state index contributed by atoms with van der Waals surface area (Å²) in [5.74, 6) is 0. The molecular formula is C9H12N2S. The summed E-state index contributed by atoms with van der Waals surface area (Å²) in [5, 5.41) is 3.11. The third kappa shape index (κ3) is 1.73. The summed E-state index contributed by atoms with van der Waals surface area (Å²) in [6, 6.07) is 0.385. The first-order valence-electron chi connectivity index (χ1n) is 4.19. The van der Waals surface area contributed by atoms with Gasteiger partial charge in [0.1, 0.15) is 5.01 Å². The largest absolute Gasteiger partial charge is 0.327 e. The van der Waals surface area contributed by atoms with Gasteiger partial charge in [-0.05, 0) is 25.3 Å². The molecule has 0 spiro atoms. The smallest absolute Gasteiger partial charge is 0.115 e. The van der Waals surface area contributed by atoms with Crippen molar-refractivity contribution in [2.24, 2.45) is 5.73 Å². The molecule has 64 valence electrons. The molecule has 0 amide bonds.